The number of imidazole rings is 1. The predicted octanol–water partition coefficient (Wildman–Crippen LogP) is 3.72. The number of aromatic amines is 1. The molecular formula is C26H28N6O5. The maximum Gasteiger partial charge on any atom is 0.327 e. The van der Waals surface area contributed by atoms with Crippen LogP contribution in [0.4, 0.5) is 10.6 Å². The number of methoxy groups -OCH3 is 4. The number of nitrogens with one attached hydrogen (secondary N) is 1. The van der Waals surface area contributed by atoms with Crippen LogP contribution in [0.2, 0.25) is 0 Å². The number of carbonyl (C=O) groups excluding carboxylic acids is 1. The molecule has 0 saturated carbocycles. The summed E-state index contributed by atoms with van der Waals surface area (Å²) in [5.41, 5.74) is 0.910. The molecule has 2 amide bonds. The van der Waals surface area contributed by atoms with Gasteiger partial charge in [0.1, 0.15) is 17.8 Å². The Hall–Kier alpha value is -4.54. The Labute approximate surface area is 214 Å². The lowest BCUT2D eigenvalue weighted by molar-refractivity contribution is 0.173. The van der Waals surface area contributed by atoms with Crippen molar-refractivity contribution in [1.82, 2.24) is 19.8 Å². The molecule has 1 atom stereocenters. The zero-order valence-corrected chi connectivity index (χ0v) is 21.3. The van der Waals surface area contributed by atoms with Gasteiger partial charge in [-0.3, -0.25) is 4.90 Å². The van der Waals surface area contributed by atoms with Crippen molar-refractivity contribution in [2.24, 2.45) is 9.98 Å². The number of urea groups is 1. The van der Waals surface area contributed by atoms with Gasteiger partial charge < -0.3 is 28.8 Å². The van der Waals surface area contributed by atoms with Gasteiger partial charge in [-0.15, -0.1) is 0 Å². The number of nitrogens with zero attached hydrogens (tertiary/aromatic N) is 5. The van der Waals surface area contributed by atoms with E-state index >= 15 is 0 Å². The van der Waals surface area contributed by atoms with Crippen molar-refractivity contribution in [1.29, 1.82) is 0 Å². The number of likely N-dealkylation sites (N-methyl/N-ethyl adjacent to an activating group) is 1. The summed E-state index contributed by atoms with van der Waals surface area (Å²) in [7, 11) is 6.27. The fraction of sp³-hybridized carbons (Fsp3) is 0.308. The van der Waals surface area contributed by atoms with Crippen molar-refractivity contribution >= 4 is 24.0 Å². The first-order valence-electron chi connectivity index (χ1n) is 11.7. The number of amidine groups is 1. The molecule has 0 radical (unpaired) electrons. The van der Waals surface area contributed by atoms with Gasteiger partial charge in [-0.1, -0.05) is 12.1 Å². The van der Waals surface area contributed by atoms with Crippen LogP contribution in [0, 0.1) is 0 Å². The summed E-state index contributed by atoms with van der Waals surface area (Å²) in [5.74, 6) is 2.93. The van der Waals surface area contributed by atoms with Gasteiger partial charge >= 0.3 is 6.03 Å². The highest BCUT2D eigenvalue weighted by molar-refractivity contribution is 6.15. The highest BCUT2D eigenvalue weighted by Crippen LogP contribution is 2.53. The van der Waals surface area contributed by atoms with E-state index in [1.54, 1.807) is 50.6 Å². The molecule has 0 bridgehead atoms. The van der Waals surface area contributed by atoms with Crippen LogP contribution < -0.4 is 18.9 Å². The van der Waals surface area contributed by atoms with Crippen LogP contribution in [-0.4, -0.2) is 73.0 Å². The fourth-order valence-corrected chi connectivity index (χ4v) is 5.11. The minimum absolute atomic E-state index is 0.218. The topological polar surface area (TPSA) is 114 Å². The molecule has 11 nitrogen and oxygen atoms in total. The Kier molecular flexibility index (Phi) is 6.20. The lowest BCUT2D eigenvalue weighted by Crippen LogP contribution is -2.48. The maximum absolute atomic E-state index is 14.1. The second kappa shape index (κ2) is 9.49. The minimum Gasteiger partial charge on any atom is -0.497 e. The minimum atomic E-state index is -1.23. The molecule has 37 heavy (non-hydrogen) atoms. The Morgan fingerprint density at radius 3 is 2.35 bits per heavy atom. The van der Waals surface area contributed by atoms with Crippen LogP contribution in [-0.2, 0) is 12.1 Å². The molecule has 2 aliphatic rings. The molecule has 2 aromatic carbocycles. The van der Waals surface area contributed by atoms with Crippen molar-refractivity contribution in [2.75, 3.05) is 35.0 Å². The molecule has 192 valence electrons. The number of hydrogen-bond donors (Lipinski definition) is 1. The lowest BCUT2D eigenvalue weighted by atomic mass is 9.83. The van der Waals surface area contributed by atoms with Crippen LogP contribution in [0.25, 0.3) is 0 Å². The summed E-state index contributed by atoms with van der Waals surface area (Å²) >= 11 is 0. The quantitative estimate of drug-likeness (QED) is 0.500. The van der Waals surface area contributed by atoms with E-state index in [-0.39, 0.29) is 12.6 Å². The molecule has 1 aromatic heterocycles. The molecule has 5 rings (SSSR count). The van der Waals surface area contributed by atoms with Crippen LogP contribution >= 0.6 is 0 Å². The number of hydrogen-bond acceptors (Lipinski definition) is 8. The second-order valence-corrected chi connectivity index (χ2v) is 8.35. The summed E-state index contributed by atoms with van der Waals surface area (Å²) in [4.78, 5) is 34.3. The van der Waals surface area contributed by atoms with E-state index < -0.39 is 5.54 Å². The van der Waals surface area contributed by atoms with E-state index in [1.165, 1.54) is 6.34 Å². The van der Waals surface area contributed by atoms with Crippen LogP contribution in [0.5, 0.6) is 23.0 Å². The van der Waals surface area contributed by atoms with Gasteiger partial charge in [0.2, 0.25) is 5.75 Å². The fourth-order valence-electron chi connectivity index (χ4n) is 5.11. The SMILES string of the molecule is CCN1C(=O)N(Cc2ccc(OC)cc2)C2=NC=Nc3nc[nH]c3C21c1ccc(OC)c(OC)c1OC. The molecule has 0 aliphatic carbocycles. The van der Waals surface area contributed by atoms with Gasteiger partial charge in [0.05, 0.1) is 41.3 Å². The number of aliphatic imine (C=N–C) groups is 2. The summed E-state index contributed by atoms with van der Waals surface area (Å²) in [6, 6.07) is 11.0. The molecule has 0 spiro atoms. The standard InChI is InChI=1S/C26H28N6O5/c1-6-32-25(33)31(13-16-7-9-17(34-2)10-8-16)24-26(32,22-23(28-14-27-22)29-15-30-24)18-11-12-19(35-3)21(37-5)20(18)36-4/h7-12,14-15H,6,13H2,1-5H3,(H,27,28). The Balaban J connectivity index is 1.78. The zero-order chi connectivity index (χ0) is 26.2. The largest absolute Gasteiger partial charge is 0.497 e. The first-order valence-corrected chi connectivity index (χ1v) is 11.7. The van der Waals surface area contributed by atoms with Crippen molar-refractivity contribution < 1.29 is 23.7 Å². The molecule has 11 heteroatoms. The number of H-pyrrole nitrogens is 1. The van der Waals surface area contributed by atoms with Crippen molar-refractivity contribution in [3.05, 3.63) is 59.5 Å². The highest BCUT2D eigenvalue weighted by atomic mass is 16.5. The maximum atomic E-state index is 14.1. The van der Waals surface area contributed by atoms with E-state index in [1.807, 2.05) is 37.3 Å². The van der Waals surface area contributed by atoms with Gasteiger partial charge in [0.15, 0.2) is 28.7 Å². The third kappa shape index (κ3) is 3.49. The Bertz CT molecular complexity index is 1380. The zero-order valence-electron chi connectivity index (χ0n) is 21.3. The first-order chi connectivity index (χ1) is 18.0. The average molecular weight is 505 g/mol. The molecular weight excluding hydrogens is 476 g/mol. The van der Waals surface area contributed by atoms with Crippen LogP contribution in [0.1, 0.15) is 23.7 Å². The van der Waals surface area contributed by atoms with Gasteiger partial charge in [-0.25, -0.2) is 19.8 Å². The second-order valence-electron chi connectivity index (χ2n) is 8.35. The number of amides is 2. The van der Waals surface area contributed by atoms with Crippen molar-refractivity contribution in [3.8, 4) is 23.0 Å². The van der Waals surface area contributed by atoms with Gasteiger partial charge in [0, 0.05) is 12.1 Å². The summed E-state index contributed by atoms with van der Waals surface area (Å²) < 4.78 is 22.4. The number of rotatable bonds is 8. The third-order valence-corrected chi connectivity index (χ3v) is 6.70. The average Bonchev–Trinajstić information content (AvgIpc) is 3.44. The monoisotopic (exact) mass is 504 g/mol. The van der Waals surface area contributed by atoms with Gasteiger partial charge in [-0.05, 0) is 36.8 Å². The van der Waals surface area contributed by atoms with E-state index in [2.05, 4.69) is 15.0 Å². The Morgan fingerprint density at radius 2 is 1.70 bits per heavy atom. The molecule has 1 N–H and O–H groups in total. The smallest absolute Gasteiger partial charge is 0.327 e. The van der Waals surface area contributed by atoms with E-state index in [4.69, 9.17) is 23.9 Å². The van der Waals surface area contributed by atoms with Gasteiger partial charge in [-0.2, -0.15) is 0 Å². The summed E-state index contributed by atoms with van der Waals surface area (Å²) in [6.07, 6.45) is 2.99. The summed E-state index contributed by atoms with van der Waals surface area (Å²) in [5, 5.41) is 0. The lowest BCUT2D eigenvalue weighted by Gasteiger charge is -2.37. The molecule has 3 heterocycles. The number of ether oxygens (including phenoxy) is 4. The van der Waals surface area contributed by atoms with Crippen LogP contribution in [0.3, 0.4) is 0 Å². The highest BCUT2D eigenvalue weighted by Gasteiger charge is 2.61. The van der Waals surface area contributed by atoms with E-state index in [0.29, 0.717) is 46.7 Å². The molecule has 1 saturated heterocycles. The van der Waals surface area contributed by atoms with Crippen molar-refractivity contribution in [3.63, 3.8) is 0 Å². The van der Waals surface area contributed by atoms with E-state index in [0.717, 1.165) is 11.3 Å². The number of aromatic nitrogens is 2. The molecule has 1 fully saturated rings. The summed E-state index contributed by atoms with van der Waals surface area (Å²) in [6.45, 7) is 2.57. The first kappa shape index (κ1) is 24.2. The van der Waals surface area contributed by atoms with Crippen molar-refractivity contribution in [2.45, 2.75) is 19.0 Å². The van der Waals surface area contributed by atoms with E-state index in [9.17, 15) is 4.79 Å². The predicted molar refractivity (Wildman–Crippen MR) is 137 cm³/mol. The third-order valence-electron chi connectivity index (χ3n) is 6.70. The molecule has 3 aromatic rings. The number of benzene rings is 2. The van der Waals surface area contributed by atoms with Crippen LogP contribution in [0.15, 0.2) is 52.7 Å². The molecule has 2 aliphatic heterocycles. The number of carbonyl (C=O) groups is 1. The Morgan fingerprint density at radius 1 is 0.946 bits per heavy atom. The molecule has 1 unspecified atom stereocenters. The number of fused-ring (bicyclic) bond motifs is 3. The normalized spacial score (nSPS) is 18.2. The van der Waals surface area contributed by atoms with Gasteiger partial charge in [0.25, 0.3) is 0 Å².